The van der Waals surface area contributed by atoms with Crippen molar-refractivity contribution < 1.29 is 22.6 Å². The molecule has 0 spiro atoms. The Morgan fingerprint density at radius 3 is 2.85 bits per heavy atom. The summed E-state index contributed by atoms with van der Waals surface area (Å²) in [6.07, 6.45) is -1.86. The smallest absolute Gasteiger partial charge is 0.419 e. The van der Waals surface area contributed by atoms with E-state index in [9.17, 15) is 13.2 Å². The van der Waals surface area contributed by atoms with Gasteiger partial charge in [-0.25, -0.2) is 4.68 Å². The summed E-state index contributed by atoms with van der Waals surface area (Å²) in [5.41, 5.74) is 12.1. The van der Waals surface area contributed by atoms with E-state index in [-0.39, 0.29) is 18.4 Å². The van der Waals surface area contributed by atoms with E-state index in [0.717, 1.165) is 22.9 Å². The lowest BCUT2D eigenvalue weighted by Gasteiger charge is -2.15. The largest absolute Gasteiger partial charge is 0.496 e. The first-order chi connectivity index (χ1) is 15.8. The van der Waals surface area contributed by atoms with E-state index in [4.69, 9.17) is 20.1 Å². The number of alkyl halides is 3. The monoisotopic (exact) mass is 458 g/mol. The van der Waals surface area contributed by atoms with E-state index >= 15 is 0 Å². The van der Waals surface area contributed by atoms with Crippen LogP contribution in [0.15, 0.2) is 41.6 Å². The van der Waals surface area contributed by atoms with Gasteiger partial charge >= 0.3 is 6.18 Å². The van der Waals surface area contributed by atoms with Gasteiger partial charge in [-0.3, -0.25) is 4.98 Å². The molecule has 1 aliphatic rings. The molecular formula is C22H21F3N6O2. The van der Waals surface area contributed by atoms with Gasteiger partial charge in [0, 0.05) is 40.4 Å². The molecule has 172 valence electrons. The third kappa shape index (κ3) is 4.64. The topological polar surface area (TPSA) is 97.9 Å². The number of aromatic nitrogens is 3. The van der Waals surface area contributed by atoms with Crippen molar-refractivity contribution in [2.45, 2.75) is 38.6 Å². The summed E-state index contributed by atoms with van der Waals surface area (Å²) < 4.78 is 52.6. The highest BCUT2D eigenvalue weighted by molar-refractivity contribution is 5.66. The molecule has 0 bridgehead atoms. The number of halogens is 3. The maximum atomic E-state index is 13.3. The van der Waals surface area contributed by atoms with E-state index in [1.807, 2.05) is 6.92 Å². The maximum Gasteiger partial charge on any atom is 0.419 e. The molecule has 0 amide bonds. The summed E-state index contributed by atoms with van der Waals surface area (Å²) in [6, 6.07) is 7.33. The van der Waals surface area contributed by atoms with Crippen molar-refractivity contribution in [2.24, 2.45) is 5.11 Å². The zero-order valence-corrected chi connectivity index (χ0v) is 18.0. The highest BCUT2D eigenvalue weighted by Gasteiger charge is 2.35. The number of methoxy groups -OCH3 is 1. The Hall–Kier alpha value is -3.56. The van der Waals surface area contributed by atoms with Crippen LogP contribution in [0.2, 0.25) is 0 Å². The fourth-order valence-corrected chi connectivity index (χ4v) is 3.96. The number of benzene rings is 1. The average Bonchev–Trinajstić information content (AvgIpc) is 3.03. The SMILES string of the molecule is COc1cc(-n2nc(-c3ccnc(CN=[N+]=[N-])c3)c3c2C[C@@H](C)OCC3)ccc1C(F)(F)F. The molecule has 0 N–H and O–H groups in total. The highest BCUT2D eigenvalue weighted by Crippen LogP contribution is 2.38. The van der Waals surface area contributed by atoms with E-state index in [1.54, 1.807) is 23.0 Å². The van der Waals surface area contributed by atoms with Crippen LogP contribution in [0.4, 0.5) is 13.2 Å². The second kappa shape index (κ2) is 9.13. The number of rotatable bonds is 5. The quantitative estimate of drug-likeness (QED) is 0.295. The molecule has 2 aromatic heterocycles. The Labute approximate surface area is 187 Å². The van der Waals surface area contributed by atoms with Gasteiger partial charge in [-0.2, -0.15) is 18.3 Å². The minimum Gasteiger partial charge on any atom is -0.496 e. The molecule has 0 fully saturated rings. The summed E-state index contributed by atoms with van der Waals surface area (Å²) in [5, 5.41) is 8.35. The Kier molecular flexibility index (Phi) is 6.26. The number of hydrogen-bond donors (Lipinski definition) is 0. The summed E-state index contributed by atoms with van der Waals surface area (Å²) >= 11 is 0. The van der Waals surface area contributed by atoms with E-state index in [2.05, 4.69) is 15.0 Å². The Bertz CT molecular complexity index is 1220. The summed E-state index contributed by atoms with van der Waals surface area (Å²) in [7, 11) is 1.21. The Balaban J connectivity index is 1.87. The van der Waals surface area contributed by atoms with Gasteiger partial charge in [-0.05, 0) is 43.1 Å². The van der Waals surface area contributed by atoms with Crippen molar-refractivity contribution in [1.29, 1.82) is 0 Å². The predicted molar refractivity (Wildman–Crippen MR) is 114 cm³/mol. The van der Waals surface area contributed by atoms with E-state index in [0.29, 0.717) is 36.5 Å². The Morgan fingerprint density at radius 1 is 1.30 bits per heavy atom. The molecule has 1 aromatic carbocycles. The summed E-state index contributed by atoms with van der Waals surface area (Å²) in [5.74, 6) is -0.274. The van der Waals surface area contributed by atoms with E-state index in [1.165, 1.54) is 19.2 Å². The molecule has 0 unspecified atom stereocenters. The fraction of sp³-hybridized carbons (Fsp3) is 0.364. The highest BCUT2D eigenvalue weighted by atomic mass is 19.4. The van der Waals surface area contributed by atoms with Crippen LogP contribution in [-0.4, -0.2) is 34.6 Å². The summed E-state index contributed by atoms with van der Waals surface area (Å²) in [6.45, 7) is 2.55. The first-order valence-electron chi connectivity index (χ1n) is 10.3. The van der Waals surface area contributed by atoms with Crippen LogP contribution in [0.5, 0.6) is 5.75 Å². The van der Waals surface area contributed by atoms with Crippen molar-refractivity contribution in [3.63, 3.8) is 0 Å². The maximum absolute atomic E-state index is 13.3. The molecule has 3 aromatic rings. The van der Waals surface area contributed by atoms with Crippen molar-refractivity contribution in [3.8, 4) is 22.7 Å². The molecule has 0 radical (unpaired) electrons. The molecule has 8 nitrogen and oxygen atoms in total. The van der Waals surface area contributed by atoms with Crippen molar-refractivity contribution in [2.75, 3.05) is 13.7 Å². The van der Waals surface area contributed by atoms with Crippen molar-refractivity contribution in [3.05, 3.63) is 69.5 Å². The molecule has 3 heterocycles. The average molecular weight is 458 g/mol. The molecule has 0 aliphatic carbocycles. The third-order valence-electron chi connectivity index (χ3n) is 5.45. The van der Waals surface area contributed by atoms with Gasteiger partial charge in [0.2, 0.25) is 0 Å². The van der Waals surface area contributed by atoms with Crippen LogP contribution >= 0.6 is 0 Å². The van der Waals surface area contributed by atoms with Gasteiger partial charge < -0.3 is 9.47 Å². The van der Waals surface area contributed by atoms with Crippen LogP contribution in [0.3, 0.4) is 0 Å². The van der Waals surface area contributed by atoms with Gasteiger partial charge in [0.15, 0.2) is 0 Å². The van der Waals surface area contributed by atoms with Crippen molar-refractivity contribution in [1.82, 2.24) is 14.8 Å². The van der Waals surface area contributed by atoms with Gasteiger partial charge in [0.1, 0.15) is 5.75 Å². The minimum absolute atomic E-state index is 0.0798. The van der Waals surface area contributed by atoms with Gasteiger partial charge in [-0.15, -0.1) is 0 Å². The predicted octanol–water partition coefficient (Wildman–Crippen LogP) is 5.28. The Morgan fingerprint density at radius 2 is 2.12 bits per heavy atom. The number of pyridine rings is 1. The van der Waals surface area contributed by atoms with Crippen LogP contribution in [-0.2, 0) is 30.3 Å². The second-order valence-electron chi connectivity index (χ2n) is 7.63. The lowest BCUT2D eigenvalue weighted by Crippen LogP contribution is -2.14. The molecule has 33 heavy (non-hydrogen) atoms. The van der Waals surface area contributed by atoms with Crippen LogP contribution < -0.4 is 4.74 Å². The normalized spacial score (nSPS) is 16.0. The standard InChI is InChI=1S/C22H21F3N6O2/c1-13-9-19-17(6-8-33-13)21(14-5-7-27-15(10-14)12-28-30-26)29-31(19)16-3-4-18(22(23,24)25)20(11-16)32-2/h3-5,7,10-11,13H,6,8-9,12H2,1-2H3/t13-/m1/s1. The minimum atomic E-state index is -4.53. The lowest BCUT2D eigenvalue weighted by atomic mass is 10.0. The molecule has 1 aliphatic heterocycles. The molecule has 0 saturated carbocycles. The number of hydrogen-bond acceptors (Lipinski definition) is 5. The zero-order chi connectivity index (χ0) is 23.6. The number of ether oxygens (including phenoxy) is 2. The molecule has 4 rings (SSSR count). The lowest BCUT2D eigenvalue weighted by molar-refractivity contribution is -0.138. The first kappa shape index (κ1) is 22.6. The van der Waals surface area contributed by atoms with E-state index < -0.39 is 11.7 Å². The fourth-order valence-electron chi connectivity index (χ4n) is 3.96. The van der Waals surface area contributed by atoms with Crippen molar-refractivity contribution >= 4 is 0 Å². The number of azide groups is 1. The third-order valence-corrected chi connectivity index (χ3v) is 5.45. The molecule has 11 heteroatoms. The summed E-state index contributed by atoms with van der Waals surface area (Å²) in [4.78, 5) is 6.98. The number of fused-ring (bicyclic) bond motifs is 1. The number of nitrogens with zero attached hydrogens (tertiary/aromatic N) is 6. The first-order valence-corrected chi connectivity index (χ1v) is 10.3. The van der Waals surface area contributed by atoms with Crippen LogP contribution in [0.25, 0.3) is 27.4 Å². The van der Waals surface area contributed by atoms with Crippen LogP contribution in [0, 0.1) is 0 Å². The molecule has 1 atom stereocenters. The van der Waals surface area contributed by atoms with Crippen LogP contribution in [0.1, 0.15) is 29.4 Å². The molecule has 0 saturated heterocycles. The van der Waals surface area contributed by atoms with Gasteiger partial charge in [0.05, 0.1) is 49.0 Å². The second-order valence-corrected chi connectivity index (χ2v) is 7.63. The van der Waals surface area contributed by atoms with Gasteiger partial charge in [0.25, 0.3) is 0 Å². The van der Waals surface area contributed by atoms with Gasteiger partial charge in [-0.1, -0.05) is 5.11 Å². The zero-order valence-electron chi connectivity index (χ0n) is 18.0. The molecular weight excluding hydrogens is 437 g/mol.